The average molecular weight is 262 g/mol. The number of ether oxygens (including phenoxy) is 1. The molecule has 0 aliphatic heterocycles. The summed E-state index contributed by atoms with van der Waals surface area (Å²) in [6, 6.07) is 4.31. The molecule has 19 heavy (non-hydrogen) atoms. The van der Waals surface area contributed by atoms with Crippen LogP contribution in [0.15, 0.2) is 24.5 Å². The van der Waals surface area contributed by atoms with E-state index >= 15 is 0 Å². The van der Waals surface area contributed by atoms with Crippen molar-refractivity contribution < 1.29 is 4.74 Å². The van der Waals surface area contributed by atoms with E-state index in [4.69, 9.17) is 4.74 Å². The average Bonchev–Trinajstić information content (AvgIpc) is 2.71. The van der Waals surface area contributed by atoms with Gasteiger partial charge in [0, 0.05) is 38.0 Å². The van der Waals surface area contributed by atoms with Gasteiger partial charge in [0.2, 0.25) is 0 Å². The number of pyridine rings is 1. The molecule has 0 saturated heterocycles. The highest BCUT2D eigenvalue weighted by Gasteiger charge is 2.32. The third-order valence-corrected chi connectivity index (χ3v) is 4.28. The molecule has 0 spiro atoms. The van der Waals surface area contributed by atoms with Crippen molar-refractivity contribution in [2.75, 3.05) is 26.8 Å². The zero-order valence-corrected chi connectivity index (χ0v) is 12.0. The van der Waals surface area contributed by atoms with Crippen molar-refractivity contribution in [3.63, 3.8) is 0 Å². The predicted octanol–water partition coefficient (Wildman–Crippen LogP) is 2.91. The second-order valence-corrected chi connectivity index (χ2v) is 5.61. The van der Waals surface area contributed by atoms with Crippen LogP contribution in [-0.4, -0.2) is 31.8 Å². The van der Waals surface area contributed by atoms with Crippen LogP contribution in [0, 0.1) is 0 Å². The topological polar surface area (TPSA) is 34.1 Å². The quantitative estimate of drug-likeness (QED) is 0.632. The maximum atomic E-state index is 5.12. The highest BCUT2D eigenvalue weighted by Crippen LogP contribution is 2.37. The maximum Gasteiger partial charge on any atom is 0.0587 e. The van der Waals surface area contributed by atoms with Crippen LogP contribution in [0.5, 0.6) is 0 Å². The van der Waals surface area contributed by atoms with Gasteiger partial charge in [-0.1, -0.05) is 31.7 Å². The molecule has 1 saturated carbocycles. The van der Waals surface area contributed by atoms with Gasteiger partial charge in [-0.05, 0) is 24.5 Å². The third kappa shape index (κ3) is 4.02. The Balaban J connectivity index is 2.07. The van der Waals surface area contributed by atoms with Crippen molar-refractivity contribution in [3.8, 4) is 0 Å². The molecule has 0 amide bonds. The molecule has 1 fully saturated rings. The van der Waals surface area contributed by atoms with Crippen LogP contribution in [-0.2, 0) is 10.2 Å². The lowest BCUT2D eigenvalue weighted by Gasteiger charge is -2.33. The molecule has 3 heteroatoms. The van der Waals surface area contributed by atoms with Crippen LogP contribution in [0.25, 0.3) is 0 Å². The van der Waals surface area contributed by atoms with Crippen molar-refractivity contribution in [1.29, 1.82) is 0 Å². The van der Waals surface area contributed by atoms with Gasteiger partial charge in [0.15, 0.2) is 0 Å². The van der Waals surface area contributed by atoms with Gasteiger partial charge >= 0.3 is 0 Å². The summed E-state index contributed by atoms with van der Waals surface area (Å²) in [5.74, 6) is 0. The van der Waals surface area contributed by atoms with E-state index in [1.807, 2.05) is 6.20 Å². The summed E-state index contributed by atoms with van der Waals surface area (Å²) in [5, 5.41) is 3.57. The van der Waals surface area contributed by atoms with Crippen LogP contribution in [0.4, 0.5) is 0 Å². The lowest BCUT2D eigenvalue weighted by molar-refractivity contribution is 0.195. The summed E-state index contributed by atoms with van der Waals surface area (Å²) < 4.78 is 5.12. The van der Waals surface area contributed by atoms with Crippen LogP contribution in [0.3, 0.4) is 0 Å². The number of nitrogens with one attached hydrogen (secondary N) is 1. The van der Waals surface area contributed by atoms with Gasteiger partial charge < -0.3 is 10.1 Å². The second-order valence-electron chi connectivity index (χ2n) is 5.61. The first kappa shape index (κ1) is 14.5. The van der Waals surface area contributed by atoms with E-state index in [2.05, 4.69) is 28.6 Å². The molecule has 2 rings (SSSR count). The summed E-state index contributed by atoms with van der Waals surface area (Å²) in [7, 11) is 1.75. The van der Waals surface area contributed by atoms with Crippen molar-refractivity contribution in [2.24, 2.45) is 0 Å². The monoisotopic (exact) mass is 262 g/mol. The van der Waals surface area contributed by atoms with E-state index in [9.17, 15) is 0 Å². The molecule has 106 valence electrons. The van der Waals surface area contributed by atoms with Gasteiger partial charge in [-0.3, -0.25) is 4.98 Å². The fourth-order valence-corrected chi connectivity index (χ4v) is 3.15. The molecular formula is C16H26N2O. The van der Waals surface area contributed by atoms with Crippen LogP contribution in [0.1, 0.15) is 44.1 Å². The smallest absolute Gasteiger partial charge is 0.0587 e. The lowest BCUT2D eigenvalue weighted by Crippen LogP contribution is -2.39. The van der Waals surface area contributed by atoms with Crippen molar-refractivity contribution in [2.45, 2.75) is 43.9 Å². The Bertz CT molecular complexity index is 345. The number of aromatic nitrogens is 1. The molecule has 1 N–H and O–H groups in total. The van der Waals surface area contributed by atoms with E-state index in [-0.39, 0.29) is 5.41 Å². The standard InChI is InChI=1S/C16H26N2O/c1-19-12-11-18-14-16(8-4-2-3-5-9-16)15-7-6-10-17-13-15/h6-7,10,13,18H,2-5,8-9,11-12,14H2,1H3. The van der Waals surface area contributed by atoms with Gasteiger partial charge in [0.1, 0.15) is 0 Å². The summed E-state index contributed by atoms with van der Waals surface area (Å²) in [4.78, 5) is 4.33. The SMILES string of the molecule is COCCNCC1(c2cccnc2)CCCCCC1. The van der Waals surface area contributed by atoms with Gasteiger partial charge in [0.05, 0.1) is 6.61 Å². The van der Waals surface area contributed by atoms with E-state index < -0.39 is 0 Å². The molecule has 1 heterocycles. The van der Waals surface area contributed by atoms with Crippen LogP contribution in [0.2, 0.25) is 0 Å². The number of methoxy groups -OCH3 is 1. The third-order valence-electron chi connectivity index (χ3n) is 4.28. The van der Waals surface area contributed by atoms with E-state index in [1.54, 1.807) is 7.11 Å². The second kappa shape index (κ2) is 7.61. The van der Waals surface area contributed by atoms with Crippen LogP contribution >= 0.6 is 0 Å². The molecule has 0 radical (unpaired) electrons. The van der Waals surface area contributed by atoms with Crippen molar-refractivity contribution >= 4 is 0 Å². The van der Waals surface area contributed by atoms with E-state index in [1.165, 1.54) is 44.1 Å². The minimum Gasteiger partial charge on any atom is -0.383 e. The molecule has 0 bridgehead atoms. The Morgan fingerprint density at radius 1 is 1.26 bits per heavy atom. The molecule has 3 nitrogen and oxygen atoms in total. The zero-order valence-electron chi connectivity index (χ0n) is 12.0. The fourth-order valence-electron chi connectivity index (χ4n) is 3.15. The number of hydrogen-bond donors (Lipinski definition) is 1. The summed E-state index contributed by atoms with van der Waals surface area (Å²) in [6.07, 6.45) is 11.9. The van der Waals surface area contributed by atoms with E-state index in [0.29, 0.717) is 0 Å². The minimum absolute atomic E-state index is 0.276. The lowest BCUT2D eigenvalue weighted by atomic mass is 9.75. The predicted molar refractivity (Wildman–Crippen MR) is 78.4 cm³/mol. The van der Waals surface area contributed by atoms with Gasteiger partial charge in [-0.2, -0.15) is 0 Å². The van der Waals surface area contributed by atoms with Crippen molar-refractivity contribution in [3.05, 3.63) is 30.1 Å². The first-order chi connectivity index (χ1) is 9.37. The van der Waals surface area contributed by atoms with Crippen molar-refractivity contribution in [1.82, 2.24) is 10.3 Å². The maximum absolute atomic E-state index is 5.12. The first-order valence-corrected chi connectivity index (χ1v) is 7.48. The van der Waals surface area contributed by atoms with E-state index in [0.717, 1.165) is 19.7 Å². The molecule has 1 aromatic rings. The first-order valence-electron chi connectivity index (χ1n) is 7.48. The Hall–Kier alpha value is -0.930. The Kier molecular flexibility index (Phi) is 5.80. The summed E-state index contributed by atoms with van der Waals surface area (Å²) in [5.41, 5.74) is 1.68. The number of hydrogen-bond acceptors (Lipinski definition) is 3. The van der Waals surface area contributed by atoms with Crippen LogP contribution < -0.4 is 5.32 Å². The molecule has 0 aromatic carbocycles. The molecule has 1 aliphatic carbocycles. The molecule has 0 unspecified atom stereocenters. The number of nitrogens with zero attached hydrogens (tertiary/aromatic N) is 1. The fraction of sp³-hybridized carbons (Fsp3) is 0.688. The molecule has 1 aliphatic rings. The molecular weight excluding hydrogens is 236 g/mol. The Labute approximate surface area is 116 Å². The zero-order chi connectivity index (χ0) is 13.4. The molecule has 0 atom stereocenters. The van der Waals surface area contributed by atoms with Gasteiger partial charge in [-0.15, -0.1) is 0 Å². The highest BCUT2D eigenvalue weighted by atomic mass is 16.5. The number of rotatable bonds is 6. The minimum atomic E-state index is 0.276. The highest BCUT2D eigenvalue weighted by molar-refractivity contribution is 5.23. The summed E-state index contributed by atoms with van der Waals surface area (Å²) in [6.45, 7) is 2.75. The summed E-state index contributed by atoms with van der Waals surface area (Å²) >= 11 is 0. The Morgan fingerprint density at radius 2 is 2.05 bits per heavy atom. The normalized spacial score (nSPS) is 19.0. The largest absolute Gasteiger partial charge is 0.383 e. The Morgan fingerprint density at radius 3 is 2.68 bits per heavy atom. The van der Waals surface area contributed by atoms with Gasteiger partial charge in [-0.25, -0.2) is 0 Å². The van der Waals surface area contributed by atoms with Gasteiger partial charge in [0.25, 0.3) is 0 Å². The molecule has 1 aromatic heterocycles.